The van der Waals surface area contributed by atoms with Crippen LogP contribution < -0.4 is 4.74 Å². The first-order valence-corrected chi connectivity index (χ1v) is 6.79. The van der Waals surface area contributed by atoms with Crippen LogP contribution in [0.5, 0.6) is 5.75 Å². The molecule has 21 heavy (non-hydrogen) atoms. The summed E-state index contributed by atoms with van der Waals surface area (Å²) in [6.07, 6.45) is 1.30. The molecule has 0 spiro atoms. The number of ether oxygens (including phenoxy) is 1. The second-order valence-electron chi connectivity index (χ2n) is 5.13. The minimum absolute atomic E-state index is 0.0184. The Labute approximate surface area is 121 Å². The number of fused-ring (bicyclic) bond motifs is 1. The van der Waals surface area contributed by atoms with Crippen LogP contribution >= 0.6 is 0 Å². The largest absolute Gasteiger partial charge is 0.435 e. The van der Waals surface area contributed by atoms with E-state index in [1.807, 2.05) is 18.2 Å². The second kappa shape index (κ2) is 5.64. The fraction of sp³-hybridized carbons (Fsp3) is 0.235. The Balaban J connectivity index is 1.69. The molecule has 0 N–H and O–H groups in total. The maximum atomic E-state index is 12.3. The molecular formula is C17H14F2O2. The lowest BCUT2D eigenvalue weighted by molar-refractivity contribution is -0.0498. The fourth-order valence-corrected chi connectivity index (χ4v) is 2.73. The molecule has 1 aliphatic rings. The average molecular weight is 288 g/mol. The number of carbonyl (C=O) groups excluding carboxylic acids is 1. The van der Waals surface area contributed by atoms with Crippen LogP contribution in [0.3, 0.4) is 0 Å². The molecule has 0 saturated carbocycles. The van der Waals surface area contributed by atoms with E-state index in [0.717, 1.165) is 6.42 Å². The standard InChI is InChI=1S/C17H14F2O2/c18-17(19)21-14-6-3-5-12(9-14)16(20)10-13-8-11-4-1-2-7-15(11)13/h1-7,9,13,17H,8,10H2. The van der Waals surface area contributed by atoms with Gasteiger partial charge in [0.25, 0.3) is 0 Å². The number of ketones is 1. The third-order valence-electron chi connectivity index (χ3n) is 3.77. The summed E-state index contributed by atoms with van der Waals surface area (Å²) in [4.78, 5) is 12.3. The van der Waals surface area contributed by atoms with Gasteiger partial charge in [-0.3, -0.25) is 4.79 Å². The van der Waals surface area contributed by atoms with Gasteiger partial charge in [0.2, 0.25) is 0 Å². The molecule has 0 aliphatic heterocycles. The molecule has 1 atom stereocenters. The van der Waals surface area contributed by atoms with E-state index in [9.17, 15) is 13.6 Å². The van der Waals surface area contributed by atoms with Crippen molar-refractivity contribution in [2.45, 2.75) is 25.4 Å². The quantitative estimate of drug-likeness (QED) is 0.771. The highest BCUT2D eigenvalue weighted by Crippen LogP contribution is 2.38. The number of benzene rings is 2. The maximum Gasteiger partial charge on any atom is 0.387 e. The van der Waals surface area contributed by atoms with Crippen molar-refractivity contribution in [3.63, 3.8) is 0 Å². The van der Waals surface area contributed by atoms with Gasteiger partial charge in [-0.2, -0.15) is 8.78 Å². The highest BCUT2D eigenvalue weighted by Gasteiger charge is 2.27. The topological polar surface area (TPSA) is 26.3 Å². The minimum atomic E-state index is -2.88. The molecule has 2 aromatic rings. The number of alkyl halides is 2. The highest BCUT2D eigenvalue weighted by atomic mass is 19.3. The van der Waals surface area contributed by atoms with E-state index in [-0.39, 0.29) is 17.5 Å². The van der Waals surface area contributed by atoms with Crippen LogP contribution in [0.1, 0.15) is 33.8 Å². The van der Waals surface area contributed by atoms with Gasteiger partial charge in [-0.1, -0.05) is 36.4 Å². The molecule has 108 valence electrons. The van der Waals surface area contributed by atoms with E-state index >= 15 is 0 Å². The van der Waals surface area contributed by atoms with Gasteiger partial charge < -0.3 is 4.74 Å². The van der Waals surface area contributed by atoms with E-state index < -0.39 is 6.61 Å². The van der Waals surface area contributed by atoms with Crippen molar-refractivity contribution in [3.05, 3.63) is 65.2 Å². The zero-order valence-electron chi connectivity index (χ0n) is 11.3. The number of halogens is 2. The van der Waals surface area contributed by atoms with Gasteiger partial charge in [0.15, 0.2) is 5.78 Å². The first-order chi connectivity index (χ1) is 10.1. The van der Waals surface area contributed by atoms with Crippen LogP contribution in [0.25, 0.3) is 0 Å². The second-order valence-corrected chi connectivity index (χ2v) is 5.13. The summed E-state index contributed by atoms with van der Waals surface area (Å²) < 4.78 is 28.7. The first kappa shape index (κ1) is 13.7. The van der Waals surface area contributed by atoms with E-state index in [4.69, 9.17) is 0 Å². The SMILES string of the molecule is O=C(CC1Cc2ccccc21)c1cccc(OC(F)F)c1. The summed E-state index contributed by atoms with van der Waals surface area (Å²) >= 11 is 0. The van der Waals surface area contributed by atoms with Gasteiger partial charge in [-0.05, 0) is 35.6 Å². The van der Waals surface area contributed by atoms with Crippen LogP contribution in [0, 0.1) is 0 Å². The fourth-order valence-electron chi connectivity index (χ4n) is 2.73. The number of carbonyl (C=O) groups is 1. The molecule has 0 radical (unpaired) electrons. The third-order valence-corrected chi connectivity index (χ3v) is 3.77. The Morgan fingerprint density at radius 2 is 2.00 bits per heavy atom. The summed E-state index contributed by atoms with van der Waals surface area (Å²) in [5, 5.41) is 0. The van der Waals surface area contributed by atoms with Crippen molar-refractivity contribution in [1.82, 2.24) is 0 Å². The zero-order valence-corrected chi connectivity index (χ0v) is 11.3. The first-order valence-electron chi connectivity index (χ1n) is 6.79. The Hall–Kier alpha value is -2.23. The van der Waals surface area contributed by atoms with Crippen LogP contribution in [-0.4, -0.2) is 12.4 Å². The smallest absolute Gasteiger partial charge is 0.387 e. The van der Waals surface area contributed by atoms with Gasteiger partial charge in [-0.25, -0.2) is 0 Å². The average Bonchev–Trinajstić information content (AvgIpc) is 2.44. The van der Waals surface area contributed by atoms with Crippen molar-refractivity contribution in [2.24, 2.45) is 0 Å². The number of hydrogen-bond donors (Lipinski definition) is 0. The van der Waals surface area contributed by atoms with Gasteiger partial charge >= 0.3 is 6.61 Å². The molecule has 2 aromatic carbocycles. The molecule has 0 aromatic heterocycles. The number of hydrogen-bond acceptors (Lipinski definition) is 2. The normalized spacial score (nSPS) is 16.2. The predicted molar refractivity (Wildman–Crippen MR) is 74.9 cm³/mol. The maximum absolute atomic E-state index is 12.3. The monoisotopic (exact) mass is 288 g/mol. The molecule has 0 saturated heterocycles. The molecule has 3 rings (SSSR count). The molecular weight excluding hydrogens is 274 g/mol. The molecule has 0 amide bonds. The Morgan fingerprint density at radius 3 is 2.76 bits per heavy atom. The van der Waals surface area contributed by atoms with Crippen molar-refractivity contribution in [1.29, 1.82) is 0 Å². The van der Waals surface area contributed by atoms with E-state index in [1.54, 1.807) is 12.1 Å². The van der Waals surface area contributed by atoms with Crippen molar-refractivity contribution < 1.29 is 18.3 Å². The van der Waals surface area contributed by atoms with E-state index in [2.05, 4.69) is 10.8 Å². The van der Waals surface area contributed by atoms with Crippen molar-refractivity contribution >= 4 is 5.78 Å². The van der Waals surface area contributed by atoms with Crippen molar-refractivity contribution in [3.8, 4) is 5.75 Å². The van der Waals surface area contributed by atoms with Gasteiger partial charge in [0.05, 0.1) is 0 Å². The van der Waals surface area contributed by atoms with Crippen LogP contribution in [0.15, 0.2) is 48.5 Å². The van der Waals surface area contributed by atoms with E-state index in [1.165, 1.54) is 23.3 Å². The Morgan fingerprint density at radius 1 is 1.19 bits per heavy atom. The summed E-state index contributed by atoms with van der Waals surface area (Å²) in [5.41, 5.74) is 2.91. The molecule has 0 bridgehead atoms. The van der Waals surface area contributed by atoms with Gasteiger partial charge in [-0.15, -0.1) is 0 Å². The molecule has 0 heterocycles. The summed E-state index contributed by atoms with van der Waals surface area (Å²) in [6.45, 7) is -2.88. The molecule has 4 heteroatoms. The molecule has 2 nitrogen and oxygen atoms in total. The minimum Gasteiger partial charge on any atom is -0.435 e. The lowest BCUT2D eigenvalue weighted by atomic mass is 9.74. The molecule has 0 fully saturated rings. The Kier molecular flexibility index (Phi) is 3.69. The van der Waals surface area contributed by atoms with Crippen LogP contribution in [-0.2, 0) is 6.42 Å². The predicted octanol–water partition coefficient (Wildman–Crippen LogP) is 4.20. The molecule has 1 aliphatic carbocycles. The van der Waals surface area contributed by atoms with Gasteiger partial charge in [0, 0.05) is 12.0 Å². The zero-order chi connectivity index (χ0) is 14.8. The number of Topliss-reactive ketones (excluding diaryl/α,β-unsaturated/α-hetero) is 1. The van der Waals surface area contributed by atoms with Crippen molar-refractivity contribution in [2.75, 3.05) is 0 Å². The lowest BCUT2D eigenvalue weighted by Crippen LogP contribution is -2.20. The lowest BCUT2D eigenvalue weighted by Gasteiger charge is -2.29. The van der Waals surface area contributed by atoms with Crippen LogP contribution in [0.2, 0.25) is 0 Å². The highest BCUT2D eigenvalue weighted by molar-refractivity contribution is 5.97. The van der Waals surface area contributed by atoms with E-state index in [0.29, 0.717) is 12.0 Å². The molecule has 1 unspecified atom stereocenters. The summed E-state index contributed by atoms with van der Waals surface area (Å²) in [5.74, 6) is 0.201. The third kappa shape index (κ3) is 2.94. The number of rotatable bonds is 5. The van der Waals surface area contributed by atoms with Crippen LogP contribution in [0.4, 0.5) is 8.78 Å². The summed E-state index contributed by atoms with van der Waals surface area (Å²) in [6, 6.07) is 14.0. The Bertz CT molecular complexity index is 667. The van der Waals surface area contributed by atoms with Gasteiger partial charge in [0.1, 0.15) is 5.75 Å². The summed E-state index contributed by atoms with van der Waals surface area (Å²) in [7, 11) is 0.